The maximum Gasteiger partial charge on any atom is 0.231 e. The fraction of sp³-hybridized carbons (Fsp3) is 0.333. The van der Waals surface area contributed by atoms with Gasteiger partial charge in [0, 0.05) is 13.0 Å². The number of hydrogen-bond acceptors (Lipinski definition) is 6. The Morgan fingerprint density at radius 2 is 2.25 bits per heavy atom. The number of benzene rings is 1. The van der Waals surface area contributed by atoms with Crippen LogP contribution in [0.3, 0.4) is 0 Å². The fourth-order valence-electron chi connectivity index (χ4n) is 2.44. The molecule has 1 atom stereocenters. The van der Waals surface area contributed by atoms with E-state index in [1.165, 1.54) is 28.4 Å². The molecular weight excluding hydrogens is 351 g/mol. The molecule has 9 heteroatoms. The zero-order chi connectivity index (χ0) is 17.1. The monoisotopic (exact) mass is 366 g/mol. The lowest BCUT2D eigenvalue weighted by Crippen LogP contribution is -2.28. The van der Waals surface area contributed by atoms with Crippen LogP contribution in [-0.4, -0.2) is 34.3 Å². The van der Waals surface area contributed by atoms with Gasteiger partial charge >= 0.3 is 0 Å². The number of hydrogen-bond donors (Lipinski definition) is 1. The highest BCUT2D eigenvalue weighted by Gasteiger charge is 2.36. The molecule has 0 bridgehead atoms. The maximum absolute atomic E-state index is 13.9. The Labute approximate surface area is 146 Å². The van der Waals surface area contributed by atoms with Crippen molar-refractivity contribution in [3.8, 4) is 0 Å². The average Bonchev–Trinajstić information content (AvgIpc) is 3.15. The van der Waals surface area contributed by atoms with Gasteiger partial charge in [-0.2, -0.15) is 0 Å². The summed E-state index contributed by atoms with van der Waals surface area (Å²) in [4.78, 5) is 25.8. The first-order valence-electron chi connectivity index (χ1n) is 7.40. The second-order valence-corrected chi connectivity index (χ2v) is 7.64. The van der Waals surface area contributed by atoms with E-state index < -0.39 is 11.7 Å². The summed E-state index contributed by atoms with van der Waals surface area (Å²) in [6.07, 6.45) is 0.0511. The summed E-state index contributed by atoms with van der Waals surface area (Å²) in [5.41, 5.74) is 0.204. The lowest BCUT2D eigenvalue weighted by Gasteiger charge is -2.17. The van der Waals surface area contributed by atoms with Crippen molar-refractivity contribution >= 4 is 45.7 Å². The minimum atomic E-state index is -0.539. The maximum atomic E-state index is 13.9. The summed E-state index contributed by atoms with van der Waals surface area (Å²) in [5, 5.41) is 11.0. The van der Waals surface area contributed by atoms with Crippen molar-refractivity contribution in [1.82, 2.24) is 10.2 Å². The molecule has 3 rings (SSSR count). The van der Waals surface area contributed by atoms with E-state index >= 15 is 0 Å². The zero-order valence-electron chi connectivity index (χ0n) is 12.9. The molecule has 1 fully saturated rings. The normalized spacial score (nSPS) is 17.3. The number of carbonyl (C=O) groups excluding carboxylic acids is 2. The second kappa shape index (κ2) is 7.27. The van der Waals surface area contributed by atoms with Crippen molar-refractivity contribution < 1.29 is 14.0 Å². The van der Waals surface area contributed by atoms with E-state index in [1.807, 2.05) is 6.92 Å². The molecule has 0 saturated carbocycles. The Bertz CT molecular complexity index is 767. The first kappa shape index (κ1) is 16.8. The molecule has 2 aromatic rings. The Kier molecular flexibility index (Phi) is 5.10. The molecule has 1 aliphatic heterocycles. The summed E-state index contributed by atoms with van der Waals surface area (Å²) in [6, 6.07) is 6.05. The third kappa shape index (κ3) is 3.57. The van der Waals surface area contributed by atoms with Crippen molar-refractivity contribution in [2.75, 3.05) is 22.5 Å². The summed E-state index contributed by atoms with van der Waals surface area (Å²) >= 11 is 2.84. The molecule has 0 aliphatic carbocycles. The third-order valence-electron chi connectivity index (χ3n) is 3.54. The van der Waals surface area contributed by atoms with Crippen LogP contribution < -0.4 is 10.2 Å². The number of anilines is 2. The van der Waals surface area contributed by atoms with Gasteiger partial charge in [-0.15, -0.1) is 10.2 Å². The quantitative estimate of drug-likeness (QED) is 0.650. The van der Waals surface area contributed by atoms with Crippen LogP contribution in [0.5, 0.6) is 0 Å². The lowest BCUT2D eigenvalue weighted by atomic mass is 10.1. The molecule has 2 amide bonds. The van der Waals surface area contributed by atoms with E-state index in [0.717, 1.165) is 10.1 Å². The van der Waals surface area contributed by atoms with Crippen LogP contribution in [0.1, 0.15) is 13.3 Å². The summed E-state index contributed by atoms with van der Waals surface area (Å²) in [6.45, 7) is 2.16. The molecule has 1 aliphatic rings. The van der Waals surface area contributed by atoms with E-state index in [-0.39, 0.29) is 30.5 Å². The molecule has 0 spiro atoms. The molecule has 1 aromatic carbocycles. The minimum absolute atomic E-state index is 0.0511. The Morgan fingerprint density at radius 1 is 1.46 bits per heavy atom. The van der Waals surface area contributed by atoms with Gasteiger partial charge in [-0.25, -0.2) is 4.39 Å². The smallest absolute Gasteiger partial charge is 0.231 e. The highest BCUT2D eigenvalue weighted by Crippen LogP contribution is 2.29. The second-order valence-electron chi connectivity index (χ2n) is 5.15. The van der Waals surface area contributed by atoms with Gasteiger partial charge in [-0.3, -0.25) is 9.59 Å². The fourth-order valence-corrected chi connectivity index (χ4v) is 4.09. The standard InChI is InChI=1S/C15H15FN4O2S2/c1-2-23-15-19-18-14(24-15)17-13(22)9-7-12(21)20(8-9)11-6-4-3-5-10(11)16/h3-6,9H,2,7-8H2,1H3,(H,17,18,22)/t9-/m0/s1. The topological polar surface area (TPSA) is 75.2 Å². The van der Waals surface area contributed by atoms with Crippen LogP contribution in [-0.2, 0) is 9.59 Å². The number of thioether (sulfide) groups is 1. The van der Waals surface area contributed by atoms with Gasteiger partial charge in [0.05, 0.1) is 11.6 Å². The summed E-state index contributed by atoms with van der Waals surface area (Å²) in [5.74, 6) is -0.705. The van der Waals surface area contributed by atoms with Crippen LogP contribution in [0.15, 0.2) is 28.6 Å². The number of nitrogens with one attached hydrogen (secondary N) is 1. The predicted molar refractivity (Wildman–Crippen MR) is 91.8 cm³/mol. The number of para-hydroxylation sites is 1. The van der Waals surface area contributed by atoms with Crippen LogP contribution in [0.4, 0.5) is 15.2 Å². The van der Waals surface area contributed by atoms with Gasteiger partial charge in [0.25, 0.3) is 0 Å². The van der Waals surface area contributed by atoms with E-state index in [0.29, 0.717) is 5.13 Å². The molecule has 0 unspecified atom stereocenters. The number of rotatable bonds is 5. The minimum Gasteiger partial charge on any atom is -0.309 e. The Balaban J connectivity index is 1.66. The molecular formula is C15H15FN4O2S2. The van der Waals surface area contributed by atoms with Crippen molar-refractivity contribution in [2.45, 2.75) is 17.7 Å². The van der Waals surface area contributed by atoms with E-state index in [2.05, 4.69) is 15.5 Å². The molecule has 126 valence electrons. The van der Waals surface area contributed by atoms with E-state index in [1.54, 1.807) is 23.9 Å². The van der Waals surface area contributed by atoms with Crippen molar-refractivity contribution in [3.63, 3.8) is 0 Å². The zero-order valence-corrected chi connectivity index (χ0v) is 14.5. The summed E-state index contributed by atoms with van der Waals surface area (Å²) in [7, 11) is 0. The number of amides is 2. The largest absolute Gasteiger partial charge is 0.309 e. The highest BCUT2D eigenvalue weighted by atomic mass is 32.2. The van der Waals surface area contributed by atoms with Crippen molar-refractivity contribution in [2.24, 2.45) is 5.92 Å². The number of carbonyl (C=O) groups is 2. The van der Waals surface area contributed by atoms with Crippen LogP contribution in [0.2, 0.25) is 0 Å². The van der Waals surface area contributed by atoms with Gasteiger partial charge < -0.3 is 10.2 Å². The molecule has 1 saturated heterocycles. The lowest BCUT2D eigenvalue weighted by molar-refractivity contribution is -0.122. The van der Waals surface area contributed by atoms with E-state index in [4.69, 9.17) is 0 Å². The summed E-state index contributed by atoms with van der Waals surface area (Å²) < 4.78 is 14.6. The van der Waals surface area contributed by atoms with E-state index in [9.17, 15) is 14.0 Å². The molecule has 1 aromatic heterocycles. The van der Waals surface area contributed by atoms with Crippen molar-refractivity contribution in [3.05, 3.63) is 30.1 Å². The molecule has 1 N–H and O–H groups in total. The Hall–Kier alpha value is -2.00. The van der Waals surface area contributed by atoms with Gasteiger partial charge in [0.15, 0.2) is 4.34 Å². The van der Waals surface area contributed by atoms with Crippen molar-refractivity contribution in [1.29, 1.82) is 0 Å². The third-order valence-corrected chi connectivity index (χ3v) is 5.40. The van der Waals surface area contributed by atoms with Gasteiger partial charge in [-0.05, 0) is 17.9 Å². The highest BCUT2D eigenvalue weighted by molar-refractivity contribution is 8.01. The molecule has 24 heavy (non-hydrogen) atoms. The van der Waals surface area contributed by atoms with Gasteiger partial charge in [0.2, 0.25) is 16.9 Å². The van der Waals surface area contributed by atoms with Crippen LogP contribution in [0, 0.1) is 11.7 Å². The molecule has 6 nitrogen and oxygen atoms in total. The number of nitrogens with zero attached hydrogens (tertiary/aromatic N) is 3. The number of aromatic nitrogens is 2. The number of halogens is 1. The Morgan fingerprint density at radius 3 is 3.00 bits per heavy atom. The first-order valence-corrected chi connectivity index (χ1v) is 9.20. The average molecular weight is 366 g/mol. The molecule has 2 heterocycles. The van der Waals surface area contributed by atoms with Crippen LogP contribution in [0.25, 0.3) is 0 Å². The predicted octanol–water partition coefficient (Wildman–Crippen LogP) is 2.78. The molecule has 0 radical (unpaired) electrons. The van der Waals surface area contributed by atoms with Gasteiger partial charge in [-0.1, -0.05) is 42.2 Å². The SMILES string of the molecule is CCSc1nnc(NC(=O)[C@H]2CC(=O)N(c3ccccc3F)C2)s1. The first-order chi connectivity index (χ1) is 11.6. The van der Waals surface area contributed by atoms with Gasteiger partial charge in [0.1, 0.15) is 5.82 Å². The van der Waals surface area contributed by atoms with Crippen LogP contribution >= 0.6 is 23.1 Å².